The highest BCUT2D eigenvalue weighted by Gasteiger charge is 2.14. The molecule has 0 saturated heterocycles. The molecule has 0 saturated carbocycles. The fraction of sp³-hybridized carbons (Fsp3) is 0.300. The first-order valence-electron chi connectivity index (χ1n) is 8.72. The van der Waals surface area contributed by atoms with Gasteiger partial charge in [-0.15, -0.1) is 0 Å². The fourth-order valence-electron chi connectivity index (χ4n) is 2.69. The van der Waals surface area contributed by atoms with Gasteiger partial charge in [-0.05, 0) is 61.0 Å². The van der Waals surface area contributed by atoms with Crippen LogP contribution in [0.4, 0.5) is 5.69 Å². The van der Waals surface area contributed by atoms with Gasteiger partial charge in [-0.1, -0.05) is 25.1 Å². The van der Waals surface area contributed by atoms with E-state index in [9.17, 15) is 13.2 Å². The highest BCUT2D eigenvalue weighted by molar-refractivity contribution is 7.90. The van der Waals surface area contributed by atoms with Gasteiger partial charge >= 0.3 is 5.97 Å². The molecule has 2 aromatic carbocycles. The van der Waals surface area contributed by atoms with E-state index >= 15 is 0 Å². The third-order valence-corrected chi connectivity index (χ3v) is 5.68. The van der Waals surface area contributed by atoms with Crippen LogP contribution < -0.4 is 10.6 Å². The highest BCUT2D eigenvalue weighted by atomic mass is 32.2. The van der Waals surface area contributed by atoms with Gasteiger partial charge in [0.2, 0.25) is 0 Å². The number of sulfone groups is 1. The second-order valence-corrected chi connectivity index (χ2v) is 8.85. The van der Waals surface area contributed by atoms with Gasteiger partial charge in [0.15, 0.2) is 14.9 Å². The summed E-state index contributed by atoms with van der Waals surface area (Å²) in [7, 11) is -1.89. The Balaban J connectivity index is 2.13. The van der Waals surface area contributed by atoms with Crippen molar-refractivity contribution >= 4 is 38.8 Å². The van der Waals surface area contributed by atoms with Crippen molar-refractivity contribution in [2.45, 2.75) is 31.2 Å². The van der Waals surface area contributed by atoms with Crippen LogP contribution in [0, 0.1) is 6.92 Å². The smallest absolute Gasteiger partial charge is 0.337 e. The number of aryl methyl sites for hydroxylation is 1. The molecule has 0 radical (unpaired) electrons. The second kappa shape index (κ2) is 9.16. The first kappa shape index (κ1) is 21.8. The minimum atomic E-state index is -3.23. The molecule has 0 aromatic heterocycles. The first-order valence-corrected chi connectivity index (χ1v) is 11.0. The lowest BCUT2D eigenvalue weighted by Crippen LogP contribution is -2.32. The largest absolute Gasteiger partial charge is 0.465 e. The molecule has 0 amide bonds. The molecule has 150 valence electrons. The quantitative estimate of drug-likeness (QED) is 0.545. The third-order valence-electron chi connectivity index (χ3n) is 4.33. The Morgan fingerprint density at radius 3 is 2.36 bits per heavy atom. The SMILES string of the molecule is CC[C@@H](NC(=S)Nc1cc(C(=O)OC)ccc1C)c1ccc(S(C)(=O)=O)cc1. The van der Waals surface area contributed by atoms with Crippen molar-refractivity contribution < 1.29 is 17.9 Å². The predicted molar refractivity (Wildman–Crippen MR) is 114 cm³/mol. The molecule has 0 aliphatic carbocycles. The molecule has 1 atom stereocenters. The van der Waals surface area contributed by atoms with Crippen molar-refractivity contribution in [1.82, 2.24) is 5.32 Å². The predicted octanol–water partition coefficient (Wildman–Crippen LogP) is 3.62. The van der Waals surface area contributed by atoms with Gasteiger partial charge in [-0.25, -0.2) is 13.2 Å². The van der Waals surface area contributed by atoms with Gasteiger partial charge in [-0.2, -0.15) is 0 Å². The standard InChI is InChI=1S/C20H24N2O4S2/c1-5-17(14-8-10-16(11-9-14)28(4,24)25)21-20(27)22-18-12-15(19(23)26-3)7-6-13(18)2/h6-12,17H,5H2,1-4H3,(H2,21,22,27)/t17-/m1/s1. The second-order valence-electron chi connectivity index (χ2n) is 6.42. The molecular weight excluding hydrogens is 396 g/mol. The third kappa shape index (κ3) is 5.53. The van der Waals surface area contributed by atoms with Gasteiger partial charge in [0.05, 0.1) is 23.6 Å². The van der Waals surface area contributed by atoms with Crippen LogP contribution in [0.1, 0.15) is 40.9 Å². The number of ether oxygens (including phenoxy) is 1. The van der Waals surface area contributed by atoms with E-state index in [1.54, 1.807) is 36.4 Å². The summed E-state index contributed by atoms with van der Waals surface area (Å²) in [4.78, 5) is 12.0. The van der Waals surface area contributed by atoms with Crippen LogP contribution in [-0.4, -0.2) is 32.9 Å². The lowest BCUT2D eigenvalue weighted by molar-refractivity contribution is 0.0601. The molecular formula is C20H24N2O4S2. The van der Waals surface area contributed by atoms with E-state index in [0.717, 1.165) is 17.5 Å². The summed E-state index contributed by atoms with van der Waals surface area (Å²) in [6.45, 7) is 3.92. The van der Waals surface area contributed by atoms with Crippen LogP contribution in [0.5, 0.6) is 0 Å². The van der Waals surface area contributed by atoms with E-state index in [0.29, 0.717) is 16.4 Å². The monoisotopic (exact) mass is 420 g/mol. The van der Waals surface area contributed by atoms with Crippen LogP contribution in [0.3, 0.4) is 0 Å². The lowest BCUT2D eigenvalue weighted by atomic mass is 10.1. The maximum Gasteiger partial charge on any atom is 0.337 e. The van der Waals surface area contributed by atoms with Crippen molar-refractivity contribution in [3.05, 3.63) is 59.2 Å². The molecule has 2 rings (SSSR count). The number of methoxy groups -OCH3 is 1. The Morgan fingerprint density at radius 2 is 1.82 bits per heavy atom. The zero-order chi connectivity index (χ0) is 20.9. The molecule has 0 bridgehead atoms. The van der Waals surface area contributed by atoms with Crippen molar-refractivity contribution in [1.29, 1.82) is 0 Å². The number of rotatable bonds is 6. The minimum Gasteiger partial charge on any atom is -0.465 e. The molecule has 28 heavy (non-hydrogen) atoms. The van der Waals surface area contributed by atoms with Crippen molar-refractivity contribution in [2.75, 3.05) is 18.7 Å². The Hall–Kier alpha value is -2.45. The molecule has 0 spiro atoms. The molecule has 0 aliphatic heterocycles. The maximum atomic E-state index is 11.7. The summed E-state index contributed by atoms with van der Waals surface area (Å²) in [5.41, 5.74) is 3.01. The van der Waals surface area contributed by atoms with Crippen LogP contribution in [0.2, 0.25) is 0 Å². The average molecular weight is 421 g/mol. The molecule has 8 heteroatoms. The number of thiocarbonyl (C=S) groups is 1. The summed E-state index contributed by atoms with van der Waals surface area (Å²) >= 11 is 5.43. The van der Waals surface area contributed by atoms with Crippen molar-refractivity contribution in [3.8, 4) is 0 Å². The molecule has 0 heterocycles. The van der Waals surface area contributed by atoms with Gasteiger partial charge < -0.3 is 15.4 Å². The molecule has 2 aromatic rings. The van der Waals surface area contributed by atoms with Crippen molar-refractivity contribution in [2.24, 2.45) is 0 Å². The fourth-order valence-corrected chi connectivity index (χ4v) is 3.57. The summed E-state index contributed by atoms with van der Waals surface area (Å²) < 4.78 is 28.0. The van der Waals surface area contributed by atoms with E-state index in [2.05, 4.69) is 10.6 Å². The molecule has 2 N–H and O–H groups in total. The Morgan fingerprint density at radius 1 is 1.18 bits per heavy atom. The normalized spacial score (nSPS) is 12.1. The molecule has 0 unspecified atom stereocenters. The zero-order valence-electron chi connectivity index (χ0n) is 16.3. The van der Waals surface area contributed by atoms with Gasteiger partial charge in [-0.3, -0.25) is 0 Å². The van der Waals surface area contributed by atoms with Crippen LogP contribution >= 0.6 is 12.2 Å². The summed E-state index contributed by atoms with van der Waals surface area (Å²) in [6.07, 6.45) is 1.93. The highest BCUT2D eigenvalue weighted by Crippen LogP contribution is 2.21. The van der Waals surface area contributed by atoms with Gasteiger partial charge in [0.25, 0.3) is 0 Å². The number of hydrogen-bond donors (Lipinski definition) is 2. The van der Waals surface area contributed by atoms with Crippen LogP contribution in [0.25, 0.3) is 0 Å². The first-order chi connectivity index (χ1) is 13.2. The Bertz CT molecular complexity index is 970. The topological polar surface area (TPSA) is 84.5 Å². The molecule has 0 fully saturated rings. The zero-order valence-corrected chi connectivity index (χ0v) is 17.9. The maximum absolute atomic E-state index is 11.7. The molecule has 0 aliphatic rings. The number of carbonyl (C=O) groups is 1. The number of benzene rings is 2. The van der Waals surface area contributed by atoms with Gasteiger partial charge in [0, 0.05) is 11.9 Å². The number of anilines is 1. The van der Waals surface area contributed by atoms with E-state index in [1.807, 2.05) is 19.9 Å². The number of esters is 1. The average Bonchev–Trinajstić information content (AvgIpc) is 2.66. The van der Waals surface area contributed by atoms with E-state index in [1.165, 1.54) is 13.4 Å². The van der Waals surface area contributed by atoms with E-state index in [4.69, 9.17) is 17.0 Å². The van der Waals surface area contributed by atoms with Crippen LogP contribution in [0.15, 0.2) is 47.4 Å². The van der Waals surface area contributed by atoms with E-state index in [-0.39, 0.29) is 10.9 Å². The van der Waals surface area contributed by atoms with Gasteiger partial charge in [0.1, 0.15) is 0 Å². The van der Waals surface area contributed by atoms with Crippen molar-refractivity contribution in [3.63, 3.8) is 0 Å². The Labute approximate surface area is 171 Å². The summed E-state index contributed by atoms with van der Waals surface area (Å²) in [6, 6.07) is 11.9. The number of nitrogens with one attached hydrogen (secondary N) is 2. The van der Waals surface area contributed by atoms with Crippen LogP contribution in [-0.2, 0) is 14.6 Å². The number of hydrogen-bond acceptors (Lipinski definition) is 5. The summed E-state index contributed by atoms with van der Waals surface area (Å²) in [5, 5.41) is 6.76. The number of carbonyl (C=O) groups excluding carboxylic acids is 1. The molecule has 6 nitrogen and oxygen atoms in total. The Kier molecular flexibility index (Phi) is 7.15. The lowest BCUT2D eigenvalue weighted by Gasteiger charge is -2.21. The minimum absolute atomic E-state index is 0.0855. The summed E-state index contributed by atoms with van der Waals surface area (Å²) in [5.74, 6) is -0.417. The van der Waals surface area contributed by atoms with E-state index < -0.39 is 15.8 Å².